The summed E-state index contributed by atoms with van der Waals surface area (Å²) in [5.41, 5.74) is 4.31. The van der Waals surface area contributed by atoms with Crippen molar-refractivity contribution in [3.63, 3.8) is 0 Å². The number of benzene rings is 1. The fraction of sp³-hybridized carbons (Fsp3) is 0.800. The summed E-state index contributed by atoms with van der Waals surface area (Å²) in [6.45, 7) is 6.85. The van der Waals surface area contributed by atoms with E-state index in [1.165, 1.54) is 139 Å². The molecule has 0 heterocycles. The number of phenols is 1. The maximum Gasteiger partial charge on any atom is 0.119 e. The zero-order valence-electron chi connectivity index (χ0n) is 21.5. The number of phenolic OH excluding ortho intramolecular Hbond substituents is 1. The SMILES string of the molecule is CCCCCCCCCCc1c(O)ccc(CCCCC)c1CCCCCCCCC. The second-order valence-electron chi connectivity index (χ2n) is 9.75. The molecule has 1 heteroatoms. The summed E-state index contributed by atoms with van der Waals surface area (Å²) in [6, 6.07) is 4.20. The van der Waals surface area contributed by atoms with Crippen molar-refractivity contribution >= 4 is 0 Å². The van der Waals surface area contributed by atoms with Crippen LogP contribution in [-0.4, -0.2) is 5.11 Å². The first kappa shape index (κ1) is 28.1. The molecule has 0 atom stereocenters. The summed E-state index contributed by atoms with van der Waals surface area (Å²) in [5, 5.41) is 10.7. The van der Waals surface area contributed by atoms with E-state index in [0.717, 1.165) is 12.8 Å². The van der Waals surface area contributed by atoms with Crippen molar-refractivity contribution in [2.45, 2.75) is 156 Å². The standard InChI is InChI=1S/C30H54O/c1-4-7-10-12-14-16-18-21-24-29-28(23-20-17-15-13-11-8-5-2)27(22-19-9-6-3)25-26-30(29)31/h25-26,31H,4-24H2,1-3H3. The molecular weight excluding hydrogens is 376 g/mol. The van der Waals surface area contributed by atoms with Crippen LogP contribution in [0.1, 0.15) is 153 Å². The van der Waals surface area contributed by atoms with Gasteiger partial charge in [-0.15, -0.1) is 0 Å². The molecule has 0 aliphatic heterocycles. The third-order valence-corrected chi connectivity index (χ3v) is 6.86. The van der Waals surface area contributed by atoms with Gasteiger partial charge in [0.1, 0.15) is 5.75 Å². The number of rotatable bonds is 21. The molecule has 0 spiro atoms. The van der Waals surface area contributed by atoms with Gasteiger partial charge in [0.2, 0.25) is 0 Å². The van der Waals surface area contributed by atoms with Gasteiger partial charge in [-0.25, -0.2) is 0 Å². The highest BCUT2D eigenvalue weighted by molar-refractivity contribution is 5.45. The van der Waals surface area contributed by atoms with Crippen LogP contribution in [0, 0.1) is 0 Å². The minimum absolute atomic E-state index is 0.556. The van der Waals surface area contributed by atoms with E-state index < -0.39 is 0 Å². The van der Waals surface area contributed by atoms with E-state index in [4.69, 9.17) is 0 Å². The normalized spacial score (nSPS) is 11.3. The maximum absolute atomic E-state index is 10.7. The Morgan fingerprint density at radius 1 is 0.452 bits per heavy atom. The van der Waals surface area contributed by atoms with Gasteiger partial charge in [-0.1, -0.05) is 123 Å². The largest absolute Gasteiger partial charge is 0.508 e. The highest BCUT2D eigenvalue weighted by Gasteiger charge is 2.13. The summed E-state index contributed by atoms with van der Waals surface area (Å²) in [4.78, 5) is 0. The third kappa shape index (κ3) is 13.2. The van der Waals surface area contributed by atoms with E-state index in [2.05, 4.69) is 26.8 Å². The highest BCUT2D eigenvalue weighted by atomic mass is 16.3. The minimum atomic E-state index is 0.556. The molecule has 0 saturated carbocycles. The monoisotopic (exact) mass is 430 g/mol. The summed E-state index contributed by atoms with van der Waals surface area (Å²) >= 11 is 0. The van der Waals surface area contributed by atoms with Crippen LogP contribution in [0.5, 0.6) is 5.75 Å². The molecule has 0 saturated heterocycles. The number of hydrogen-bond acceptors (Lipinski definition) is 1. The Morgan fingerprint density at radius 2 is 0.839 bits per heavy atom. The first-order valence-corrected chi connectivity index (χ1v) is 14.1. The number of aryl methyl sites for hydroxylation is 1. The molecule has 0 aromatic heterocycles. The summed E-state index contributed by atoms with van der Waals surface area (Å²) in [5.74, 6) is 0.556. The molecule has 0 aliphatic rings. The minimum Gasteiger partial charge on any atom is -0.508 e. The molecule has 0 fully saturated rings. The molecule has 1 aromatic carbocycles. The van der Waals surface area contributed by atoms with Gasteiger partial charge in [0.15, 0.2) is 0 Å². The second kappa shape index (κ2) is 19.7. The molecule has 0 aliphatic carbocycles. The van der Waals surface area contributed by atoms with E-state index in [0.29, 0.717) is 5.75 Å². The Balaban J connectivity index is 2.58. The number of aromatic hydroxyl groups is 1. The lowest BCUT2D eigenvalue weighted by atomic mass is 9.89. The predicted molar refractivity (Wildman–Crippen MR) is 139 cm³/mol. The molecule has 1 rings (SSSR count). The van der Waals surface area contributed by atoms with E-state index >= 15 is 0 Å². The summed E-state index contributed by atoms with van der Waals surface area (Å²) in [6.07, 6.45) is 27.6. The predicted octanol–water partition coefficient (Wildman–Crippen LogP) is 10.1. The molecule has 1 N–H and O–H groups in total. The number of unbranched alkanes of at least 4 members (excludes halogenated alkanes) is 15. The van der Waals surface area contributed by atoms with E-state index in [1.54, 1.807) is 0 Å². The third-order valence-electron chi connectivity index (χ3n) is 6.86. The van der Waals surface area contributed by atoms with E-state index in [-0.39, 0.29) is 0 Å². The first-order chi connectivity index (χ1) is 15.2. The van der Waals surface area contributed by atoms with Crippen molar-refractivity contribution in [3.8, 4) is 5.75 Å². The van der Waals surface area contributed by atoms with Gasteiger partial charge in [0.05, 0.1) is 0 Å². The number of hydrogen-bond donors (Lipinski definition) is 1. The molecule has 0 unspecified atom stereocenters. The van der Waals surface area contributed by atoms with Crippen LogP contribution in [0.2, 0.25) is 0 Å². The van der Waals surface area contributed by atoms with Crippen LogP contribution >= 0.6 is 0 Å². The van der Waals surface area contributed by atoms with Crippen LogP contribution in [0.4, 0.5) is 0 Å². The molecular formula is C30H54O. The van der Waals surface area contributed by atoms with E-state index in [9.17, 15) is 5.11 Å². The van der Waals surface area contributed by atoms with Crippen molar-refractivity contribution in [2.24, 2.45) is 0 Å². The lowest BCUT2D eigenvalue weighted by Gasteiger charge is -2.17. The van der Waals surface area contributed by atoms with Crippen LogP contribution in [0.3, 0.4) is 0 Å². The fourth-order valence-electron chi connectivity index (χ4n) is 4.81. The smallest absolute Gasteiger partial charge is 0.119 e. The lowest BCUT2D eigenvalue weighted by Crippen LogP contribution is -2.03. The molecule has 0 amide bonds. The molecule has 180 valence electrons. The zero-order chi connectivity index (χ0) is 22.6. The van der Waals surface area contributed by atoms with Gasteiger partial charge in [-0.2, -0.15) is 0 Å². The van der Waals surface area contributed by atoms with E-state index in [1.807, 2.05) is 6.07 Å². The van der Waals surface area contributed by atoms with Crippen molar-refractivity contribution < 1.29 is 5.11 Å². The Morgan fingerprint density at radius 3 is 1.35 bits per heavy atom. The maximum atomic E-state index is 10.7. The van der Waals surface area contributed by atoms with Gasteiger partial charge in [0, 0.05) is 0 Å². The Hall–Kier alpha value is -0.980. The van der Waals surface area contributed by atoms with Crippen LogP contribution < -0.4 is 0 Å². The van der Waals surface area contributed by atoms with Crippen molar-refractivity contribution in [1.29, 1.82) is 0 Å². The van der Waals surface area contributed by atoms with Crippen LogP contribution in [0.25, 0.3) is 0 Å². The molecule has 1 aromatic rings. The van der Waals surface area contributed by atoms with Crippen molar-refractivity contribution in [3.05, 3.63) is 28.8 Å². The Bertz CT molecular complexity index is 533. The average molecular weight is 431 g/mol. The Labute approximate surface area is 195 Å². The van der Waals surface area contributed by atoms with Crippen LogP contribution in [0.15, 0.2) is 12.1 Å². The lowest BCUT2D eigenvalue weighted by molar-refractivity contribution is 0.463. The van der Waals surface area contributed by atoms with Gasteiger partial charge < -0.3 is 5.11 Å². The average Bonchev–Trinajstić information content (AvgIpc) is 2.77. The topological polar surface area (TPSA) is 20.2 Å². The van der Waals surface area contributed by atoms with Gasteiger partial charge in [0.25, 0.3) is 0 Å². The highest BCUT2D eigenvalue weighted by Crippen LogP contribution is 2.30. The molecule has 0 bridgehead atoms. The second-order valence-corrected chi connectivity index (χ2v) is 9.75. The molecule has 31 heavy (non-hydrogen) atoms. The van der Waals surface area contributed by atoms with Gasteiger partial charge in [-0.3, -0.25) is 0 Å². The zero-order valence-corrected chi connectivity index (χ0v) is 21.5. The van der Waals surface area contributed by atoms with Gasteiger partial charge in [-0.05, 0) is 61.3 Å². The fourth-order valence-corrected chi connectivity index (χ4v) is 4.81. The molecule has 1 nitrogen and oxygen atoms in total. The van der Waals surface area contributed by atoms with Crippen molar-refractivity contribution in [2.75, 3.05) is 0 Å². The quantitative estimate of drug-likeness (QED) is 0.192. The van der Waals surface area contributed by atoms with Gasteiger partial charge >= 0.3 is 0 Å². The summed E-state index contributed by atoms with van der Waals surface area (Å²) in [7, 11) is 0. The Kier molecular flexibility index (Phi) is 17.8. The first-order valence-electron chi connectivity index (χ1n) is 14.1. The molecule has 0 radical (unpaired) electrons. The van der Waals surface area contributed by atoms with Crippen molar-refractivity contribution in [1.82, 2.24) is 0 Å². The summed E-state index contributed by atoms with van der Waals surface area (Å²) < 4.78 is 0. The van der Waals surface area contributed by atoms with Crippen LogP contribution in [-0.2, 0) is 19.3 Å².